The van der Waals surface area contributed by atoms with Gasteiger partial charge in [0.25, 0.3) is 5.91 Å². The van der Waals surface area contributed by atoms with Crippen molar-refractivity contribution in [1.29, 1.82) is 0 Å². The van der Waals surface area contributed by atoms with Crippen LogP contribution in [0.25, 0.3) is 0 Å². The number of rotatable bonds is 11. The van der Waals surface area contributed by atoms with Gasteiger partial charge in [-0.3, -0.25) is 9.59 Å². The monoisotopic (exact) mass is 492 g/mol. The normalized spacial score (nSPS) is 12.0. The molecule has 1 N–H and O–H groups in total. The van der Waals surface area contributed by atoms with Crippen LogP contribution in [0.1, 0.15) is 58.1 Å². The van der Waals surface area contributed by atoms with E-state index in [0.717, 1.165) is 0 Å². The van der Waals surface area contributed by atoms with Gasteiger partial charge in [-0.05, 0) is 48.1 Å². The second-order valence-corrected chi connectivity index (χ2v) is 9.61. The van der Waals surface area contributed by atoms with E-state index in [2.05, 4.69) is 19.2 Å². The molecule has 0 aromatic heterocycles. The van der Waals surface area contributed by atoms with E-state index in [1.165, 1.54) is 10.5 Å². The van der Waals surface area contributed by atoms with Crippen LogP contribution in [0.2, 0.25) is 10.0 Å². The summed E-state index contributed by atoms with van der Waals surface area (Å²) in [5, 5.41) is 3.83. The Morgan fingerprint density at radius 1 is 1.00 bits per heavy atom. The zero-order valence-corrected chi connectivity index (χ0v) is 21.5. The molecule has 0 radical (unpaired) electrons. The maximum absolute atomic E-state index is 13.3. The summed E-state index contributed by atoms with van der Waals surface area (Å²) in [7, 11) is 0. The van der Waals surface area contributed by atoms with E-state index in [0.29, 0.717) is 46.2 Å². The highest BCUT2D eigenvalue weighted by Crippen LogP contribution is 2.27. The van der Waals surface area contributed by atoms with Crippen LogP contribution >= 0.6 is 23.2 Å². The molecule has 33 heavy (non-hydrogen) atoms. The fraction of sp³-hybridized carbons (Fsp3) is 0.462. The molecule has 1 atom stereocenters. The largest absolute Gasteiger partial charge is 0.484 e. The third-order valence-corrected chi connectivity index (χ3v) is 6.08. The maximum Gasteiger partial charge on any atom is 0.261 e. The first-order valence-electron chi connectivity index (χ1n) is 11.4. The first kappa shape index (κ1) is 27.0. The van der Waals surface area contributed by atoms with Crippen molar-refractivity contribution >= 4 is 35.0 Å². The minimum atomic E-state index is -0.671. The molecule has 7 heteroatoms. The van der Waals surface area contributed by atoms with E-state index in [1.54, 1.807) is 18.2 Å². The number of ether oxygens (including phenoxy) is 1. The van der Waals surface area contributed by atoms with Gasteiger partial charge in [0.1, 0.15) is 11.8 Å². The molecule has 0 saturated heterocycles. The van der Waals surface area contributed by atoms with Gasteiger partial charge in [-0.15, -0.1) is 0 Å². The summed E-state index contributed by atoms with van der Waals surface area (Å²) < 4.78 is 5.77. The Morgan fingerprint density at radius 2 is 1.61 bits per heavy atom. The molecule has 0 bridgehead atoms. The van der Waals surface area contributed by atoms with E-state index in [-0.39, 0.29) is 25.0 Å². The number of carbonyl (C=O) groups is 2. The predicted molar refractivity (Wildman–Crippen MR) is 135 cm³/mol. The second kappa shape index (κ2) is 12.9. The standard InChI is InChI=1S/C26H34Cl2N2O3/c1-6-24(26(32)29-14-17(2)3)30(15-21-22(27)8-7-9-23(21)28)25(31)16-33-20-12-10-19(11-13-20)18(4)5/h7-13,17-18,24H,6,14-16H2,1-5H3,(H,29,32)/t24-/m0/s1. The fourth-order valence-corrected chi connectivity index (χ4v) is 3.89. The van der Waals surface area contributed by atoms with Gasteiger partial charge in [0.2, 0.25) is 5.91 Å². The van der Waals surface area contributed by atoms with Crippen molar-refractivity contribution in [1.82, 2.24) is 10.2 Å². The van der Waals surface area contributed by atoms with Crippen LogP contribution in [0.3, 0.4) is 0 Å². The topological polar surface area (TPSA) is 58.6 Å². The van der Waals surface area contributed by atoms with Crippen molar-refractivity contribution in [2.45, 2.75) is 59.5 Å². The zero-order valence-electron chi connectivity index (χ0n) is 20.0. The fourth-order valence-electron chi connectivity index (χ4n) is 3.37. The molecule has 0 saturated carbocycles. The van der Waals surface area contributed by atoms with Gasteiger partial charge in [0.15, 0.2) is 6.61 Å². The van der Waals surface area contributed by atoms with E-state index >= 15 is 0 Å². The van der Waals surface area contributed by atoms with E-state index in [9.17, 15) is 9.59 Å². The van der Waals surface area contributed by atoms with Crippen molar-refractivity contribution in [3.63, 3.8) is 0 Å². The van der Waals surface area contributed by atoms with Crippen LogP contribution in [-0.2, 0) is 16.1 Å². The van der Waals surface area contributed by atoms with Gasteiger partial charge in [0.05, 0.1) is 0 Å². The summed E-state index contributed by atoms with van der Waals surface area (Å²) in [5.41, 5.74) is 1.79. The molecule has 0 spiro atoms. The smallest absolute Gasteiger partial charge is 0.261 e. The lowest BCUT2D eigenvalue weighted by Gasteiger charge is -2.31. The number of nitrogens with one attached hydrogen (secondary N) is 1. The average molecular weight is 493 g/mol. The van der Waals surface area contributed by atoms with E-state index < -0.39 is 6.04 Å². The summed E-state index contributed by atoms with van der Waals surface area (Å²) in [6, 6.07) is 12.2. The number of halogens is 2. The lowest BCUT2D eigenvalue weighted by molar-refractivity contribution is -0.143. The Balaban J connectivity index is 2.24. The maximum atomic E-state index is 13.3. The molecule has 0 fully saturated rings. The minimum Gasteiger partial charge on any atom is -0.484 e. The third-order valence-electron chi connectivity index (χ3n) is 5.37. The average Bonchev–Trinajstić information content (AvgIpc) is 2.78. The van der Waals surface area contributed by atoms with Gasteiger partial charge in [0, 0.05) is 28.7 Å². The van der Waals surface area contributed by atoms with E-state index in [4.69, 9.17) is 27.9 Å². The summed E-state index contributed by atoms with van der Waals surface area (Å²) in [5.74, 6) is 0.784. The van der Waals surface area contributed by atoms with Crippen molar-refractivity contribution < 1.29 is 14.3 Å². The molecule has 5 nitrogen and oxygen atoms in total. The summed E-state index contributed by atoms with van der Waals surface area (Å²) >= 11 is 12.7. The quantitative estimate of drug-likeness (QED) is 0.413. The summed E-state index contributed by atoms with van der Waals surface area (Å²) in [4.78, 5) is 27.7. The van der Waals surface area contributed by atoms with Crippen LogP contribution in [0, 0.1) is 5.92 Å². The van der Waals surface area contributed by atoms with Crippen LogP contribution < -0.4 is 10.1 Å². The molecule has 180 valence electrons. The molecule has 0 unspecified atom stereocenters. The van der Waals surface area contributed by atoms with Crippen molar-refractivity contribution in [2.24, 2.45) is 5.92 Å². The lowest BCUT2D eigenvalue weighted by atomic mass is 10.0. The number of carbonyl (C=O) groups excluding carboxylic acids is 2. The zero-order chi connectivity index (χ0) is 24.5. The molecule has 2 aromatic carbocycles. The van der Waals surface area contributed by atoms with Crippen LogP contribution in [0.5, 0.6) is 5.75 Å². The van der Waals surface area contributed by atoms with Crippen molar-refractivity contribution in [2.75, 3.05) is 13.2 Å². The Labute approximate surface area is 207 Å². The molecular weight excluding hydrogens is 459 g/mol. The third kappa shape index (κ3) is 7.94. The van der Waals surface area contributed by atoms with Gasteiger partial charge < -0.3 is 15.0 Å². The SMILES string of the molecule is CC[C@@H](C(=O)NCC(C)C)N(Cc1c(Cl)cccc1Cl)C(=O)COc1ccc(C(C)C)cc1. The summed E-state index contributed by atoms with van der Waals surface area (Å²) in [6.07, 6.45) is 0.445. The Bertz CT molecular complexity index is 909. The molecule has 0 aliphatic carbocycles. The minimum absolute atomic E-state index is 0.112. The number of amides is 2. The predicted octanol–water partition coefficient (Wildman–Crippen LogP) is 6.08. The first-order valence-corrected chi connectivity index (χ1v) is 12.1. The van der Waals surface area contributed by atoms with Crippen molar-refractivity contribution in [3.8, 4) is 5.75 Å². The van der Waals surface area contributed by atoms with Crippen molar-refractivity contribution in [3.05, 3.63) is 63.6 Å². The number of nitrogens with zero attached hydrogens (tertiary/aromatic N) is 1. The van der Waals surface area contributed by atoms with Gasteiger partial charge >= 0.3 is 0 Å². The highest BCUT2D eigenvalue weighted by Gasteiger charge is 2.30. The highest BCUT2D eigenvalue weighted by molar-refractivity contribution is 6.36. The van der Waals surface area contributed by atoms with Crippen LogP contribution in [0.4, 0.5) is 0 Å². The second-order valence-electron chi connectivity index (χ2n) is 8.80. The van der Waals surface area contributed by atoms with E-state index in [1.807, 2.05) is 45.0 Å². The molecule has 2 amide bonds. The molecule has 2 rings (SSSR count). The number of hydrogen-bond acceptors (Lipinski definition) is 3. The number of hydrogen-bond donors (Lipinski definition) is 1. The molecule has 0 heterocycles. The highest BCUT2D eigenvalue weighted by atomic mass is 35.5. The van der Waals surface area contributed by atoms with Gasteiger partial charge in [-0.2, -0.15) is 0 Å². The molecular formula is C26H34Cl2N2O3. The molecule has 0 aliphatic rings. The van der Waals surface area contributed by atoms with Gasteiger partial charge in [-0.1, -0.05) is 76.0 Å². The lowest BCUT2D eigenvalue weighted by Crippen LogP contribution is -2.50. The Morgan fingerprint density at radius 3 is 2.12 bits per heavy atom. The van der Waals surface area contributed by atoms with Gasteiger partial charge in [-0.25, -0.2) is 0 Å². The first-order chi connectivity index (χ1) is 15.6. The molecule has 0 aliphatic heterocycles. The Kier molecular flexibility index (Phi) is 10.5. The molecule has 2 aromatic rings. The summed E-state index contributed by atoms with van der Waals surface area (Å²) in [6.45, 7) is 10.6. The van der Waals surface area contributed by atoms with Crippen LogP contribution in [-0.4, -0.2) is 35.9 Å². The number of benzene rings is 2. The van der Waals surface area contributed by atoms with Crippen LogP contribution in [0.15, 0.2) is 42.5 Å². The Hall–Kier alpha value is -2.24.